The highest BCUT2D eigenvalue weighted by Gasteiger charge is 2.13. The summed E-state index contributed by atoms with van der Waals surface area (Å²) >= 11 is 0. The van der Waals surface area contributed by atoms with Crippen molar-refractivity contribution in [1.29, 1.82) is 0 Å². The van der Waals surface area contributed by atoms with Gasteiger partial charge >= 0.3 is 0 Å². The lowest BCUT2D eigenvalue weighted by molar-refractivity contribution is 0.122. The Morgan fingerprint density at radius 2 is 1.88 bits per heavy atom. The fourth-order valence-electron chi connectivity index (χ4n) is 3.09. The number of hydrogen-bond donors (Lipinski definition) is 1. The number of ether oxygens (including phenoxy) is 1. The molecule has 0 atom stereocenters. The molecule has 1 aromatic heterocycles. The van der Waals surface area contributed by atoms with Crippen LogP contribution in [0.3, 0.4) is 0 Å². The molecule has 0 radical (unpaired) electrons. The van der Waals surface area contributed by atoms with E-state index in [4.69, 9.17) is 4.74 Å². The van der Waals surface area contributed by atoms with Gasteiger partial charge in [-0.25, -0.2) is 9.97 Å². The van der Waals surface area contributed by atoms with Crippen LogP contribution in [-0.2, 0) is 4.74 Å². The van der Waals surface area contributed by atoms with Crippen molar-refractivity contribution in [2.75, 3.05) is 54.5 Å². The molecule has 1 aromatic carbocycles. The van der Waals surface area contributed by atoms with Crippen LogP contribution in [0, 0.1) is 6.92 Å². The molecule has 2 aromatic rings. The lowest BCUT2D eigenvalue weighted by atomic mass is 10.1. The summed E-state index contributed by atoms with van der Waals surface area (Å²) in [5, 5.41) is 3.43. The Morgan fingerprint density at radius 1 is 1.12 bits per heavy atom. The molecule has 134 valence electrons. The maximum Gasteiger partial charge on any atom is 0.135 e. The molecule has 1 aliphatic heterocycles. The molecule has 0 aliphatic carbocycles. The third kappa shape index (κ3) is 4.20. The molecule has 6 nitrogen and oxygen atoms in total. The highest BCUT2D eigenvalue weighted by atomic mass is 16.5. The zero-order valence-electron chi connectivity index (χ0n) is 15.3. The third-order valence-electron chi connectivity index (χ3n) is 4.59. The normalized spacial score (nSPS) is 14.4. The van der Waals surface area contributed by atoms with Crippen LogP contribution in [0.1, 0.15) is 19.4 Å². The maximum atomic E-state index is 5.41. The molecule has 0 spiro atoms. The molecule has 6 heteroatoms. The van der Waals surface area contributed by atoms with E-state index < -0.39 is 0 Å². The van der Waals surface area contributed by atoms with Crippen molar-refractivity contribution in [1.82, 2.24) is 9.97 Å². The van der Waals surface area contributed by atoms with Crippen LogP contribution in [0.25, 0.3) is 0 Å². The minimum Gasteiger partial charge on any atom is -0.378 e. The van der Waals surface area contributed by atoms with Crippen molar-refractivity contribution >= 4 is 23.0 Å². The van der Waals surface area contributed by atoms with Crippen molar-refractivity contribution in [3.63, 3.8) is 0 Å². The van der Waals surface area contributed by atoms with Crippen LogP contribution < -0.4 is 15.1 Å². The summed E-state index contributed by atoms with van der Waals surface area (Å²) in [4.78, 5) is 13.3. The van der Waals surface area contributed by atoms with Gasteiger partial charge in [-0.2, -0.15) is 0 Å². The number of aromatic nitrogens is 2. The Labute approximate surface area is 149 Å². The van der Waals surface area contributed by atoms with Gasteiger partial charge in [-0.05, 0) is 44.5 Å². The first-order valence-corrected chi connectivity index (χ1v) is 8.98. The van der Waals surface area contributed by atoms with Gasteiger partial charge in [-0.3, -0.25) is 0 Å². The minimum absolute atomic E-state index is 0.749. The van der Waals surface area contributed by atoms with E-state index in [1.54, 1.807) is 6.33 Å². The summed E-state index contributed by atoms with van der Waals surface area (Å²) in [7, 11) is 0. The average molecular weight is 341 g/mol. The monoisotopic (exact) mass is 341 g/mol. The fourth-order valence-corrected chi connectivity index (χ4v) is 3.09. The standard InChI is InChI=1S/C19H27N5O/c1-4-23(5-2)16-6-7-17(15(3)12-16)22-18-13-19(21-14-20-18)24-8-10-25-11-9-24/h6-7,12-14H,4-5,8-11H2,1-3H3,(H,20,21,22). The second-order valence-electron chi connectivity index (χ2n) is 6.16. The van der Waals surface area contributed by atoms with E-state index in [1.807, 2.05) is 6.07 Å². The molecule has 0 unspecified atom stereocenters. The fraction of sp³-hybridized carbons (Fsp3) is 0.474. The molecule has 1 saturated heterocycles. The maximum absolute atomic E-state index is 5.41. The second-order valence-corrected chi connectivity index (χ2v) is 6.16. The Balaban J connectivity index is 1.76. The summed E-state index contributed by atoms with van der Waals surface area (Å²) in [6.07, 6.45) is 1.62. The number of aryl methyl sites for hydroxylation is 1. The number of morpholine rings is 1. The Morgan fingerprint density at radius 3 is 2.56 bits per heavy atom. The smallest absolute Gasteiger partial charge is 0.135 e. The van der Waals surface area contributed by atoms with Crippen molar-refractivity contribution < 1.29 is 4.74 Å². The first kappa shape index (κ1) is 17.5. The van der Waals surface area contributed by atoms with Crippen molar-refractivity contribution in [3.05, 3.63) is 36.2 Å². The SMILES string of the molecule is CCN(CC)c1ccc(Nc2cc(N3CCOCC3)ncn2)c(C)c1. The zero-order chi connectivity index (χ0) is 17.6. The molecular formula is C19H27N5O. The molecule has 0 amide bonds. The van der Waals surface area contributed by atoms with Crippen LogP contribution in [-0.4, -0.2) is 49.4 Å². The van der Waals surface area contributed by atoms with Crippen molar-refractivity contribution in [2.45, 2.75) is 20.8 Å². The predicted octanol–water partition coefficient (Wildman–Crippen LogP) is 3.21. The number of benzene rings is 1. The number of hydrogen-bond acceptors (Lipinski definition) is 6. The molecule has 1 N–H and O–H groups in total. The molecule has 25 heavy (non-hydrogen) atoms. The van der Waals surface area contributed by atoms with Gasteiger partial charge in [0, 0.05) is 43.6 Å². The third-order valence-corrected chi connectivity index (χ3v) is 4.59. The van der Waals surface area contributed by atoms with Crippen LogP contribution >= 0.6 is 0 Å². The summed E-state index contributed by atoms with van der Waals surface area (Å²) < 4.78 is 5.41. The zero-order valence-corrected chi connectivity index (χ0v) is 15.3. The molecule has 1 aliphatic rings. The van der Waals surface area contributed by atoms with E-state index in [-0.39, 0.29) is 0 Å². The quantitative estimate of drug-likeness (QED) is 0.871. The van der Waals surface area contributed by atoms with Gasteiger partial charge in [0.05, 0.1) is 13.2 Å². The summed E-state index contributed by atoms with van der Waals surface area (Å²) in [5.74, 6) is 1.76. The van der Waals surface area contributed by atoms with Crippen LogP contribution in [0.4, 0.5) is 23.0 Å². The van der Waals surface area contributed by atoms with E-state index >= 15 is 0 Å². The van der Waals surface area contributed by atoms with Crippen molar-refractivity contribution in [3.8, 4) is 0 Å². The van der Waals surface area contributed by atoms with Crippen LogP contribution in [0.15, 0.2) is 30.6 Å². The summed E-state index contributed by atoms with van der Waals surface area (Å²) in [6.45, 7) is 11.7. The predicted molar refractivity (Wildman–Crippen MR) is 103 cm³/mol. The van der Waals surface area contributed by atoms with Crippen LogP contribution in [0.2, 0.25) is 0 Å². The van der Waals surface area contributed by atoms with E-state index in [0.29, 0.717) is 0 Å². The van der Waals surface area contributed by atoms with E-state index in [1.165, 1.54) is 11.3 Å². The number of anilines is 4. The number of rotatable bonds is 6. The first-order valence-electron chi connectivity index (χ1n) is 8.98. The van der Waals surface area contributed by atoms with E-state index in [9.17, 15) is 0 Å². The Kier molecular flexibility index (Phi) is 5.71. The summed E-state index contributed by atoms with van der Waals surface area (Å²) in [6, 6.07) is 8.51. The Hall–Kier alpha value is -2.34. The summed E-state index contributed by atoms with van der Waals surface area (Å²) in [5.41, 5.74) is 3.53. The largest absolute Gasteiger partial charge is 0.378 e. The van der Waals surface area contributed by atoms with Gasteiger partial charge in [0.25, 0.3) is 0 Å². The number of nitrogens with one attached hydrogen (secondary N) is 1. The highest BCUT2D eigenvalue weighted by Crippen LogP contribution is 2.26. The average Bonchev–Trinajstić information content (AvgIpc) is 2.66. The Bertz CT molecular complexity index is 696. The van der Waals surface area contributed by atoms with E-state index in [2.05, 4.69) is 64.1 Å². The number of nitrogens with zero attached hydrogens (tertiary/aromatic N) is 4. The van der Waals surface area contributed by atoms with Gasteiger partial charge < -0.3 is 19.9 Å². The van der Waals surface area contributed by atoms with Crippen LogP contribution in [0.5, 0.6) is 0 Å². The van der Waals surface area contributed by atoms with E-state index in [0.717, 1.165) is 56.7 Å². The van der Waals surface area contributed by atoms with Gasteiger partial charge in [0.1, 0.15) is 18.0 Å². The topological polar surface area (TPSA) is 53.5 Å². The lowest BCUT2D eigenvalue weighted by Gasteiger charge is -2.27. The highest BCUT2D eigenvalue weighted by molar-refractivity contribution is 5.66. The molecule has 0 saturated carbocycles. The first-order chi connectivity index (χ1) is 12.2. The molecular weight excluding hydrogens is 314 g/mol. The molecule has 2 heterocycles. The van der Waals surface area contributed by atoms with Gasteiger partial charge in [0.15, 0.2) is 0 Å². The second kappa shape index (κ2) is 8.16. The van der Waals surface area contributed by atoms with Gasteiger partial charge in [0.2, 0.25) is 0 Å². The van der Waals surface area contributed by atoms with Gasteiger partial charge in [-0.1, -0.05) is 0 Å². The van der Waals surface area contributed by atoms with Crippen molar-refractivity contribution in [2.24, 2.45) is 0 Å². The minimum atomic E-state index is 0.749. The molecule has 3 rings (SSSR count). The molecule has 0 bridgehead atoms. The van der Waals surface area contributed by atoms with Gasteiger partial charge in [-0.15, -0.1) is 0 Å². The lowest BCUT2D eigenvalue weighted by Crippen LogP contribution is -2.36. The molecule has 1 fully saturated rings.